The average molecular weight is 333 g/mol. The van der Waals surface area contributed by atoms with E-state index < -0.39 is 5.54 Å². The SMILES string of the molecule is CN1C(=O)C(C2COC2)N=C2CCCCC21c1ccccc1Cl. The molecule has 2 atom stereocenters. The van der Waals surface area contributed by atoms with E-state index in [1.807, 2.05) is 36.2 Å². The minimum absolute atomic E-state index is 0.101. The van der Waals surface area contributed by atoms with Gasteiger partial charge in [0.05, 0.1) is 13.2 Å². The highest BCUT2D eigenvalue weighted by Gasteiger charge is 2.52. The van der Waals surface area contributed by atoms with Gasteiger partial charge in [-0.1, -0.05) is 29.8 Å². The van der Waals surface area contributed by atoms with Crippen molar-refractivity contribution >= 4 is 23.2 Å². The van der Waals surface area contributed by atoms with Crippen molar-refractivity contribution in [2.24, 2.45) is 10.9 Å². The lowest BCUT2D eigenvalue weighted by molar-refractivity contribution is -0.144. The van der Waals surface area contributed by atoms with Crippen molar-refractivity contribution in [1.29, 1.82) is 0 Å². The first-order valence-corrected chi connectivity index (χ1v) is 8.70. The molecule has 0 N–H and O–H groups in total. The summed E-state index contributed by atoms with van der Waals surface area (Å²) >= 11 is 6.51. The Morgan fingerprint density at radius 1 is 1.30 bits per heavy atom. The molecule has 122 valence electrons. The molecule has 0 spiro atoms. The van der Waals surface area contributed by atoms with E-state index in [-0.39, 0.29) is 17.9 Å². The van der Waals surface area contributed by atoms with Crippen molar-refractivity contribution in [2.75, 3.05) is 20.3 Å². The van der Waals surface area contributed by atoms with Gasteiger partial charge >= 0.3 is 0 Å². The zero-order valence-electron chi connectivity index (χ0n) is 13.3. The van der Waals surface area contributed by atoms with Gasteiger partial charge in [0.1, 0.15) is 11.6 Å². The van der Waals surface area contributed by atoms with E-state index in [1.54, 1.807) is 0 Å². The van der Waals surface area contributed by atoms with Crippen LogP contribution < -0.4 is 0 Å². The number of amides is 1. The lowest BCUT2D eigenvalue weighted by atomic mass is 9.71. The van der Waals surface area contributed by atoms with Crippen molar-refractivity contribution in [3.05, 3.63) is 34.9 Å². The molecule has 1 saturated carbocycles. The van der Waals surface area contributed by atoms with Crippen LogP contribution in [0.15, 0.2) is 29.3 Å². The van der Waals surface area contributed by atoms with Crippen LogP contribution in [-0.4, -0.2) is 42.8 Å². The van der Waals surface area contributed by atoms with E-state index in [9.17, 15) is 4.79 Å². The molecule has 2 aliphatic heterocycles. The Morgan fingerprint density at radius 3 is 2.78 bits per heavy atom. The van der Waals surface area contributed by atoms with Crippen LogP contribution in [0, 0.1) is 5.92 Å². The summed E-state index contributed by atoms with van der Waals surface area (Å²) in [7, 11) is 1.91. The van der Waals surface area contributed by atoms with Gasteiger partial charge < -0.3 is 9.64 Å². The van der Waals surface area contributed by atoms with Crippen molar-refractivity contribution < 1.29 is 9.53 Å². The van der Waals surface area contributed by atoms with Gasteiger partial charge in [0.2, 0.25) is 5.91 Å². The minimum atomic E-state index is -0.464. The topological polar surface area (TPSA) is 41.9 Å². The molecule has 4 nitrogen and oxygen atoms in total. The highest BCUT2D eigenvalue weighted by Crippen LogP contribution is 2.46. The van der Waals surface area contributed by atoms with E-state index in [0.29, 0.717) is 18.2 Å². The van der Waals surface area contributed by atoms with Crippen LogP contribution in [0.5, 0.6) is 0 Å². The predicted molar refractivity (Wildman–Crippen MR) is 89.9 cm³/mol. The van der Waals surface area contributed by atoms with Crippen LogP contribution in [0.1, 0.15) is 31.2 Å². The third-order valence-electron chi connectivity index (χ3n) is 5.56. The van der Waals surface area contributed by atoms with E-state index in [2.05, 4.69) is 0 Å². The Bertz CT molecular complexity index is 671. The molecule has 2 heterocycles. The lowest BCUT2D eigenvalue weighted by Gasteiger charge is -2.51. The number of ether oxygens (including phenoxy) is 1. The Labute approximate surface area is 141 Å². The number of fused-ring (bicyclic) bond motifs is 1. The summed E-state index contributed by atoms with van der Waals surface area (Å²) in [5.41, 5.74) is 1.67. The van der Waals surface area contributed by atoms with Crippen molar-refractivity contribution in [1.82, 2.24) is 4.90 Å². The number of carbonyl (C=O) groups excluding carboxylic acids is 1. The van der Waals surface area contributed by atoms with Gasteiger partial charge in [-0.15, -0.1) is 0 Å². The maximum Gasteiger partial charge on any atom is 0.248 e. The van der Waals surface area contributed by atoms with Gasteiger partial charge in [0, 0.05) is 29.3 Å². The normalized spacial score (nSPS) is 31.4. The van der Waals surface area contributed by atoms with Gasteiger partial charge in [-0.2, -0.15) is 0 Å². The molecule has 3 aliphatic rings. The van der Waals surface area contributed by atoms with E-state index in [4.69, 9.17) is 21.3 Å². The van der Waals surface area contributed by atoms with Crippen molar-refractivity contribution in [2.45, 2.75) is 37.3 Å². The maximum atomic E-state index is 13.0. The summed E-state index contributed by atoms with van der Waals surface area (Å²) < 4.78 is 5.28. The monoisotopic (exact) mass is 332 g/mol. The fraction of sp³-hybridized carbons (Fsp3) is 0.556. The number of aliphatic imine (C=N–C) groups is 1. The Morgan fingerprint density at radius 2 is 2.09 bits per heavy atom. The summed E-state index contributed by atoms with van der Waals surface area (Å²) in [5, 5.41) is 0.715. The van der Waals surface area contributed by atoms with Gasteiger partial charge in [0.15, 0.2) is 0 Å². The molecule has 2 unspecified atom stereocenters. The number of nitrogens with zero attached hydrogens (tertiary/aromatic N) is 2. The standard InChI is InChI=1S/C18H21ClN2O2/c1-21-17(22)16(12-10-23-11-12)20-15-8-4-5-9-18(15,21)13-6-2-3-7-14(13)19/h2-3,6-7,12,16H,4-5,8-11H2,1H3. The quantitative estimate of drug-likeness (QED) is 0.835. The summed E-state index contributed by atoms with van der Waals surface area (Å²) in [6.07, 6.45) is 4.04. The number of halogens is 1. The van der Waals surface area contributed by atoms with Crippen molar-refractivity contribution in [3.63, 3.8) is 0 Å². The third kappa shape index (κ3) is 2.15. The first-order chi connectivity index (χ1) is 11.1. The zero-order valence-corrected chi connectivity index (χ0v) is 14.1. The molecule has 23 heavy (non-hydrogen) atoms. The van der Waals surface area contributed by atoms with E-state index in [1.165, 1.54) is 0 Å². The molecule has 2 fully saturated rings. The molecule has 0 aromatic heterocycles. The highest BCUT2D eigenvalue weighted by molar-refractivity contribution is 6.32. The number of rotatable bonds is 2. The van der Waals surface area contributed by atoms with Crippen LogP contribution in [0.2, 0.25) is 5.02 Å². The zero-order chi connectivity index (χ0) is 16.0. The van der Waals surface area contributed by atoms with Gasteiger partial charge in [-0.25, -0.2) is 0 Å². The van der Waals surface area contributed by atoms with Crippen LogP contribution in [0.3, 0.4) is 0 Å². The van der Waals surface area contributed by atoms with Crippen LogP contribution >= 0.6 is 11.6 Å². The molecule has 1 aromatic rings. The van der Waals surface area contributed by atoms with Gasteiger partial charge in [-0.3, -0.25) is 9.79 Å². The molecular formula is C18H21ClN2O2. The first-order valence-electron chi connectivity index (χ1n) is 8.32. The number of likely N-dealkylation sites (N-methyl/N-ethyl adjacent to an activating group) is 1. The van der Waals surface area contributed by atoms with Crippen molar-refractivity contribution in [3.8, 4) is 0 Å². The molecule has 5 heteroatoms. The second kappa shape index (κ2) is 5.60. The number of benzene rings is 1. The minimum Gasteiger partial charge on any atom is -0.380 e. The fourth-order valence-corrected chi connectivity index (χ4v) is 4.47. The van der Waals surface area contributed by atoms with E-state index >= 15 is 0 Å². The summed E-state index contributed by atoms with van der Waals surface area (Å²) in [5.74, 6) is 0.326. The average Bonchev–Trinajstić information content (AvgIpc) is 2.51. The van der Waals surface area contributed by atoms with Crippen LogP contribution in [0.4, 0.5) is 0 Å². The van der Waals surface area contributed by atoms with Gasteiger partial charge in [-0.05, 0) is 31.7 Å². The van der Waals surface area contributed by atoms with Crippen LogP contribution in [-0.2, 0) is 15.1 Å². The number of carbonyl (C=O) groups is 1. The summed E-state index contributed by atoms with van der Waals surface area (Å²) in [4.78, 5) is 19.9. The molecule has 0 bridgehead atoms. The molecule has 4 rings (SSSR count). The number of hydrogen-bond donors (Lipinski definition) is 0. The summed E-state index contributed by atoms with van der Waals surface area (Å²) in [6.45, 7) is 1.28. The molecule has 1 saturated heterocycles. The predicted octanol–water partition coefficient (Wildman–Crippen LogP) is 3.04. The van der Waals surface area contributed by atoms with Crippen LogP contribution in [0.25, 0.3) is 0 Å². The molecule has 1 amide bonds. The molecular weight excluding hydrogens is 312 g/mol. The first kappa shape index (κ1) is 15.2. The smallest absolute Gasteiger partial charge is 0.248 e. The number of hydrogen-bond acceptors (Lipinski definition) is 3. The second-order valence-corrected chi connectivity index (χ2v) is 7.17. The Balaban J connectivity index is 1.85. The Hall–Kier alpha value is -1.39. The molecule has 0 radical (unpaired) electrons. The summed E-state index contributed by atoms with van der Waals surface area (Å²) in [6, 6.07) is 7.59. The molecule has 1 aliphatic carbocycles. The fourth-order valence-electron chi connectivity index (χ4n) is 4.18. The second-order valence-electron chi connectivity index (χ2n) is 6.76. The molecule has 1 aromatic carbocycles. The maximum absolute atomic E-state index is 13.0. The van der Waals surface area contributed by atoms with Gasteiger partial charge in [0.25, 0.3) is 0 Å². The lowest BCUT2D eigenvalue weighted by Crippen LogP contribution is -2.62. The highest BCUT2D eigenvalue weighted by atomic mass is 35.5. The van der Waals surface area contributed by atoms with E-state index in [0.717, 1.165) is 37.0 Å². The third-order valence-corrected chi connectivity index (χ3v) is 5.89. The Kier molecular flexibility index (Phi) is 3.69. The largest absolute Gasteiger partial charge is 0.380 e.